The summed E-state index contributed by atoms with van der Waals surface area (Å²) in [6.07, 6.45) is 0. The van der Waals surface area contributed by atoms with E-state index in [0.717, 1.165) is 0 Å². The van der Waals surface area contributed by atoms with E-state index in [9.17, 15) is 13.5 Å². The molecule has 0 heterocycles. The number of phenols is 1. The first-order valence-corrected chi connectivity index (χ1v) is 8.57. The molecule has 0 aliphatic carbocycles. The van der Waals surface area contributed by atoms with Crippen molar-refractivity contribution in [1.82, 2.24) is 0 Å². The van der Waals surface area contributed by atoms with Gasteiger partial charge in [0.1, 0.15) is 17.1 Å². The lowest BCUT2D eigenvalue weighted by molar-refractivity contribution is 0.477. The summed E-state index contributed by atoms with van der Waals surface area (Å²) < 4.78 is 31.6. The van der Waals surface area contributed by atoms with Crippen LogP contribution in [0.1, 0.15) is 0 Å². The van der Waals surface area contributed by atoms with Crippen LogP contribution < -0.4 is 0 Å². The minimum Gasteiger partial charge on any atom is -0.506 e. The first kappa shape index (κ1) is 16.4. The van der Waals surface area contributed by atoms with Crippen molar-refractivity contribution < 1.29 is 18.1 Å². The van der Waals surface area contributed by atoms with E-state index in [1.54, 1.807) is 24.3 Å². The quantitative estimate of drug-likeness (QED) is 0.513. The van der Waals surface area contributed by atoms with E-state index in [1.165, 1.54) is 30.3 Å². The van der Waals surface area contributed by atoms with Crippen LogP contribution in [0.2, 0.25) is 5.02 Å². The highest BCUT2D eigenvalue weighted by Gasteiger charge is 2.13. The average molecular weight is 363 g/mol. The number of fused-ring (bicyclic) bond motifs is 1. The summed E-state index contributed by atoms with van der Waals surface area (Å²) in [7, 11) is -4.31. The summed E-state index contributed by atoms with van der Waals surface area (Å²) in [5.74, 6) is -0.113. The Labute approximate surface area is 142 Å². The van der Waals surface area contributed by atoms with E-state index >= 15 is 0 Å². The second kappa shape index (κ2) is 6.20. The minimum atomic E-state index is -4.31. The molecule has 3 aromatic rings. The van der Waals surface area contributed by atoms with Gasteiger partial charge in [-0.15, -0.1) is 10.2 Å². The Bertz CT molecular complexity index is 1060. The summed E-state index contributed by atoms with van der Waals surface area (Å²) in [5, 5.41) is 19.5. The zero-order chi connectivity index (χ0) is 17.3. The van der Waals surface area contributed by atoms with Gasteiger partial charge >= 0.3 is 0 Å². The molecule has 0 saturated carbocycles. The van der Waals surface area contributed by atoms with Gasteiger partial charge in [-0.1, -0.05) is 35.9 Å². The summed E-state index contributed by atoms with van der Waals surface area (Å²) in [4.78, 5) is -0.241. The predicted octanol–water partition coefficient (Wildman–Crippen LogP) is 4.86. The Balaban J connectivity index is 2.14. The lowest BCUT2D eigenvalue weighted by Gasteiger charge is -2.06. The van der Waals surface area contributed by atoms with Gasteiger partial charge in [-0.2, -0.15) is 8.42 Å². The first-order chi connectivity index (χ1) is 11.4. The molecule has 0 unspecified atom stereocenters. The maximum atomic E-state index is 11.2. The van der Waals surface area contributed by atoms with Crippen LogP contribution in [-0.4, -0.2) is 18.1 Å². The number of aromatic hydroxyl groups is 1. The van der Waals surface area contributed by atoms with Gasteiger partial charge < -0.3 is 5.11 Å². The maximum absolute atomic E-state index is 11.2. The summed E-state index contributed by atoms with van der Waals surface area (Å²) >= 11 is 6.01. The molecular weight excluding hydrogens is 352 g/mol. The number of nitrogens with zero attached hydrogens (tertiary/aromatic N) is 2. The molecule has 0 saturated heterocycles. The lowest BCUT2D eigenvalue weighted by atomic mass is 10.1. The fraction of sp³-hybridized carbons (Fsp3) is 0. The molecule has 0 atom stereocenters. The summed E-state index contributed by atoms with van der Waals surface area (Å²) in [6.45, 7) is 0. The second-order valence-electron chi connectivity index (χ2n) is 4.94. The Morgan fingerprint density at radius 3 is 2.42 bits per heavy atom. The zero-order valence-corrected chi connectivity index (χ0v) is 13.7. The fourth-order valence-electron chi connectivity index (χ4n) is 2.18. The highest BCUT2D eigenvalue weighted by molar-refractivity contribution is 7.85. The number of phenolic OH excluding ortho intramolecular Hbond substituents is 1. The van der Waals surface area contributed by atoms with E-state index < -0.39 is 10.1 Å². The van der Waals surface area contributed by atoms with Crippen molar-refractivity contribution in [3.05, 3.63) is 59.6 Å². The van der Waals surface area contributed by atoms with E-state index in [1.807, 2.05) is 0 Å². The second-order valence-corrected chi connectivity index (χ2v) is 6.77. The van der Waals surface area contributed by atoms with Gasteiger partial charge in [-0.25, -0.2) is 0 Å². The Hall–Kier alpha value is -2.48. The highest BCUT2D eigenvalue weighted by atomic mass is 35.5. The van der Waals surface area contributed by atoms with Gasteiger partial charge in [0, 0.05) is 5.39 Å². The van der Waals surface area contributed by atoms with Gasteiger partial charge in [0.25, 0.3) is 10.1 Å². The molecule has 3 rings (SSSR count). The van der Waals surface area contributed by atoms with E-state index in [4.69, 9.17) is 16.2 Å². The van der Waals surface area contributed by atoms with Crippen LogP contribution in [0.3, 0.4) is 0 Å². The Kier molecular flexibility index (Phi) is 4.23. The normalized spacial score (nSPS) is 12.1. The van der Waals surface area contributed by atoms with E-state index in [0.29, 0.717) is 21.5 Å². The molecule has 8 heteroatoms. The van der Waals surface area contributed by atoms with Crippen LogP contribution in [-0.2, 0) is 10.1 Å². The van der Waals surface area contributed by atoms with Gasteiger partial charge in [0.2, 0.25) is 0 Å². The predicted molar refractivity (Wildman–Crippen MR) is 91.1 cm³/mol. The largest absolute Gasteiger partial charge is 0.506 e. The molecular formula is C16H11ClN2O4S. The van der Waals surface area contributed by atoms with Crippen molar-refractivity contribution in [1.29, 1.82) is 0 Å². The van der Waals surface area contributed by atoms with Crippen molar-refractivity contribution in [3.8, 4) is 5.75 Å². The number of hydrogen-bond donors (Lipinski definition) is 2. The van der Waals surface area contributed by atoms with Gasteiger partial charge in [0.05, 0.1) is 9.92 Å². The molecule has 0 spiro atoms. The number of rotatable bonds is 3. The number of azo groups is 1. The molecule has 2 N–H and O–H groups in total. The highest BCUT2D eigenvalue weighted by Crippen LogP contribution is 2.37. The van der Waals surface area contributed by atoms with Crippen molar-refractivity contribution in [2.45, 2.75) is 4.90 Å². The summed E-state index contributed by atoms with van der Waals surface area (Å²) in [5.41, 5.74) is 0.611. The molecule has 0 bridgehead atoms. The molecule has 3 aromatic carbocycles. The standard InChI is InChI=1S/C16H11ClN2O4S/c17-13-3-1-2-4-14(13)18-19-16-12-7-6-11(24(21,22)23)9-10(12)5-8-15(16)20/h1-9,20H,(H,21,22,23). The van der Waals surface area contributed by atoms with Crippen LogP contribution in [0.15, 0.2) is 69.7 Å². The van der Waals surface area contributed by atoms with Gasteiger partial charge in [-0.05, 0) is 35.7 Å². The van der Waals surface area contributed by atoms with Gasteiger partial charge in [-0.3, -0.25) is 4.55 Å². The third kappa shape index (κ3) is 3.23. The summed E-state index contributed by atoms with van der Waals surface area (Å²) in [6, 6.07) is 13.7. The van der Waals surface area contributed by atoms with Crippen LogP contribution >= 0.6 is 11.6 Å². The third-order valence-corrected chi connectivity index (χ3v) is 4.52. The Morgan fingerprint density at radius 1 is 0.958 bits per heavy atom. The van der Waals surface area contributed by atoms with Crippen molar-refractivity contribution in [2.24, 2.45) is 10.2 Å². The lowest BCUT2D eigenvalue weighted by Crippen LogP contribution is -1.97. The molecule has 6 nitrogen and oxygen atoms in total. The number of halogens is 1. The molecule has 0 aromatic heterocycles. The maximum Gasteiger partial charge on any atom is 0.294 e. The number of benzene rings is 3. The van der Waals surface area contributed by atoms with Crippen LogP contribution in [0.5, 0.6) is 5.75 Å². The monoisotopic (exact) mass is 362 g/mol. The molecule has 0 aliphatic rings. The SMILES string of the molecule is O=S(=O)(O)c1ccc2c(N=Nc3ccccc3Cl)c(O)ccc2c1. The van der Waals surface area contributed by atoms with Crippen molar-refractivity contribution >= 4 is 43.9 Å². The molecule has 0 aliphatic heterocycles. The van der Waals surface area contributed by atoms with E-state index in [-0.39, 0.29) is 16.3 Å². The molecule has 0 amide bonds. The fourth-order valence-corrected chi connectivity index (χ4v) is 2.87. The topological polar surface area (TPSA) is 99.3 Å². The molecule has 0 radical (unpaired) electrons. The first-order valence-electron chi connectivity index (χ1n) is 6.76. The molecule has 24 heavy (non-hydrogen) atoms. The van der Waals surface area contributed by atoms with Crippen LogP contribution in [0, 0.1) is 0 Å². The average Bonchev–Trinajstić information content (AvgIpc) is 2.54. The smallest absolute Gasteiger partial charge is 0.294 e. The zero-order valence-electron chi connectivity index (χ0n) is 12.1. The van der Waals surface area contributed by atoms with Crippen LogP contribution in [0.4, 0.5) is 11.4 Å². The molecule has 122 valence electrons. The van der Waals surface area contributed by atoms with Crippen molar-refractivity contribution in [3.63, 3.8) is 0 Å². The van der Waals surface area contributed by atoms with Crippen molar-refractivity contribution in [2.75, 3.05) is 0 Å². The Morgan fingerprint density at radius 2 is 1.71 bits per heavy atom. The van der Waals surface area contributed by atoms with Crippen LogP contribution in [0.25, 0.3) is 10.8 Å². The minimum absolute atomic E-state index is 0.113. The van der Waals surface area contributed by atoms with Gasteiger partial charge in [0.15, 0.2) is 0 Å². The van der Waals surface area contributed by atoms with E-state index in [2.05, 4.69) is 10.2 Å². The third-order valence-electron chi connectivity index (χ3n) is 3.35. The molecule has 0 fully saturated rings. The number of hydrogen-bond acceptors (Lipinski definition) is 5.